The fourth-order valence-corrected chi connectivity index (χ4v) is 1.72. The van der Waals surface area contributed by atoms with Gasteiger partial charge in [-0.05, 0) is 11.8 Å². The topological polar surface area (TPSA) is 23.5 Å². The maximum Gasteiger partial charge on any atom is 0.251 e. The summed E-state index contributed by atoms with van der Waals surface area (Å²) < 4.78 is 23.9. The van der Waals surface area contributed by atoms with Crippen molar-refractivity contribution in [3.05, 3.63) is 0 Å². The lowest BCUT2D eigenvalue weighted by Gasteiger charge is -2.13. The molecule has 0 spiro atoms. The molecule has 0 aromatic carbocycles. The minimum atomic E-state index is -2.25. The van der Waals surface area contributed by atoms with Gasteiger partial charge in [0.1, 0.15) is 0 Å². The Labute approximate surface area is 71.2 Å². The number of halogens is 2. The molecule has 2 nitrogen and oxygen atoms in total. The Bertz CT molecular complexity index is 143. The summed E-state index contributed by atoms with van der Waals surface area (Å²) in [7, 11) is 0. The number of alkyl halides is 2. The summed E-state index contributed by atoms with van der Waals surface area (Å²) in [6.45, 7) is 3.26. The third kappa shape index (κ3) is 2.38. The standard InChI is InChI=1S/C8H15F2NO/c1-6-2-11(4-8(9)10)3-7(6)5-12/h6-8,12H,2-5H2,1H3/t6-,7+/m1/s1. The average molecular weight is 179 g/mol. The summed E-state index contributed by atoms with van der Waals surface area (Å²) in [6.07, 6.45) is -2.25. The van der Waals surface area contributed by atoms with E-state index in [1.54, 1.807) is 4.90 Å². The van der Waals surface area contributed by atoms with Gasteiger partial charge in [0.15, 0.2) is 0 Å². The van der Waals surface area contributed by atoms with Gasteiger partial charge in [-0.2, -0.15) is 0 Å². The predicted octanol–water partition coefficient (Wildman–Crippen LogP) is 0.812. The average Bonchev–Trinajstić information content (AvgIpc) is 2.29. The van der Waals surface area contributed by atoms with E-state index in [-0.39, 0.29) is 19.1 Å². The Hall–Kier alpha value is -0.220. The SMILES string of the molecule is C[C@@H]1CN(CC(F)F)C[C@H]1CO. The van der Waals surface area contributed by atoms with Crippen LogP contribution in [0.4, 0.5) is 8.78 Å². The Morgan fingerprint density at radius 3 is 2.58 bits per heavy atom. The van der Waals surface area contributed by atoms with Crippen molar-refractivity contribution in [1.82, 2.24) is 4.90 Å². The normalized spacial score (nSPS) is 31.8. The lowest BCUT2D eigenvalue weighted by atomic mass is 10.00. The molecule has 1 aliphatic rings. The summed E-state index contributed by atoms with van der Waals surface area (Å²) in [5.41, 5.74) is 0. The molecule has 1 saturated heterocycles. The van der Waals surface area contributed by atoms with Crippen LogP contribution in [0.2, 0.25) is 0 Å². The van der Waals surface area contributed by atoms with E-state index >= 15 is 0 Å². The second-order valence-corrected chi connectivity index (χ2v) is 3.53. The van der Waals surface area contributed by atoms with Gasteiger partial charge in [-0.1, -0.05) is 6.92 Å². The molecule has 1 fully saturated rings. The first-order valence-electron chi connectivity index (χ1n) is 4.25. The molecule has 0 aromatic rings. The zero-order chi connectivity index (χ0) is 9.14. The highest BCUT2D eigenvalue weighted by molar-refractivity contribution is 4.80. The maximum absolute atomic E-state index is 11.9. The molecule has 0 radical (unpaired) electrons. The fourth-order valence-electron chi connectivity index (χ4n) is 1.72. The second kappa shape index (κ2) is 4.14. The minimum Gasteiger partial charge on any atom is -0.396 e. The van der Waals surface area contributed by atoms with Crippen LogP contribution in [0.15, 0.2) is 0 Å². The second-order valence-electron chi connectivity index (χ2n) is 3.53. The Kier molecular flexibility index (Phi) is 3.40. The highest BCUT2D eigenvalue weighted by atomic mass is 19.3. The van der Waals surface area contributed by atoms with Crippen LogP contribution in [-0.2, 0) is 0 Å². The lowest BCUT2D eigenvalue weighted by molar-refractivity contribution is 0.0955. The molecule has 1 aliphatic heterocycles. The van der Waals surface area contributed by atoms with E-state index in [1.165, 1.54) is 0 Å². The van der Waals surface area contributed by atoms with E-state index < -0.39 is 6.43 Å². The summed E-state index contributed by atoms with van der Waals surface area (Å²) in [5.74, 6) is 0.525. The zero-order valence-electron chi connectivity index (χ0n) is 7.21. The summed E-state index contributed by atoms with van der Waals surface area (Å²) >= 11 is 0. The third-order valence-corrected chi connectivity index (χ3v) is 2.47. The molecule has 2 atom stereocenters. The Morgan fingerprint density at radius 1 is 1.50 bits per heavy atom. The minimum absolute atomic E-state index is 0.112. The molecule has 0 aromatic heterocycles. The van der Waals surface area contributed by atoms with E-state index in [0.717, 1.165) is 0 Å². The molecule has 0 bridgehead atoms. The van der Waals surface area contributed by atoms with Gasteiger partial charge in [0, 0.05) is 19.7 Å². The van der Waals surface area contributed by atoms with Crippen LogP contribution in [0.1, 0.15) is 6.92 Å². The molecular formula is C8H15F2NO. The van der Waals surface area contributed by atoms with Gasteiger partial charge in [0.05, 0.1) is 6.54 Å². The first-order valence-corrected chi connectivity index (χ1v) is 4.25. The number of hydrogen-bond donors (Lipinski definition) is 1. The monoisotopic (exact) mass is 179 g/mol. The highest BCUT2D eigenvalue weighted by Gasteiger charge is 2.29. The summed E-state index contributed by atoms with van der Waals surface area (Å²) in [6, 6.07) is 0. The summed E-state index contributed by atoms with van der Waals surface area (Å²) in [4.78, 5) is 1.72. The molecule has 0 amide bonds. The van der Waals surface area contributed by atoms with Crippen molar-refractivity contribution in [3.63, 3.8) is 0 Å². The van der Waals surface area contributed by atoms with Crippen LogP contribution in [0.5, 0.6) is 0 Å². The van der Waals surface area contributed by atoms with Crippen LogP contribution in [-0.4, -0.2) is 42.7 Å². The van der Waals surface area contributed by atoms with E-state index in [1.807, 2.05) is 6.92 Å². The van der Waals surface area contributed by atoms with E-state index in [9.17, 15) is 8.78 Å². The van der Waals surface area contributed by atoms with Gasteiger partial charge in [-0.15, -0.1) is 0 Å². The molecule has 0 saturated carbocycles. The van der Waals surface area contributed by atoms with Crippen molar-refractivity contribution >= 4 is 0 Å². The smallest absolute Gasteiger partial charge is 0.251 e. The quantitative estimate of drug-likeness (QED) is 0.693. The number of nitrogens with zero attached hydrogens (tertiary/aromatic N) is 1. The number of hydrogen-bond acceptors (Lipinski definition) is 2. The highest BCUT2D eigenvalue weighted by Crippen LogP contribution is 2.22. The van der Waals surface area contributed by atoms with Crippen molar-refractivity contribution in [2.75, 3.05) is 26.2 Å². The molecule has 4 heteroatoms. The van der Waals surface area contributed by atoms with Gasteiger partial charge in [0.2, 0.25) is 0 Å². The molecule has 1 heterocycles. The van der Waals surface area contributed by atoms with Gasteiger partial charge >= 0.3 is 0 Å². The van der Waals surface area contributed by atoms with Crippen LogP contribution >= 0.6 is 0 Å². The number of likely N-dealkylation sites (tertiary alicyclic amines) is 1. The fraction of sp³-hybridized carbons (Fsp3) is 1.00. The van der Waals surface area contributed by atoms with Crippen LogP contribution in [0, 0.1) is 11.8 Å². The first kappa shape index (κ1) is 9.86. The molecule has 0 unspecified atom stereocenters. The zero-order valence-corrected chi connectivity index (χ0v) is 7.21. The van der Waals surface area contributed by atoms with Crippen molar-refractivity contribution in [2.24, 2.45) is 11.8 Å². The number of aliphatic hydroxyl groups is 1. The van der Waals surface area contributed by atoms with E-state index in [2.05, 4.69) is 0 Å². The number of aliphatic hydroxyl groups excluding tert-OH is 1. The van der Waals surface area contributed by atoms with Crippen LogP contribution in [0.25, 0.3) is 0 Å². The predicted molar refractivity (Wildman–Crippen MR) is 42.2 cm³/mol. The molecule has 1 N–H and O–H groups in total. The van der Waals surface area contributed by atoms with Crippen molar-refractivity contribution < 1.29 is 13.9 Å². The Morgan fingerprint density at radius 2 is 2.17 bits per heavy atom. The molecule has 72 valence electrons. The van der Waals surface area contributed by atoms with E-state index in [4.69, 9.17) is 5.11 Å². The molecular weight excluding hydrogens is 164 g/mol. The molecule has 0 aliphatic carbocycles. The largest absolute Gasteiger partial charge is 0.396 e. The van der Waals surface area contributed by atoms with Gasteiger partial charge in [0.25, 0.3) is 6.43 Å². The Balaban J connectivity index is 2.33. The number of rotatable bonds is 3. The van der Waals surface area contributed by atoms with Crippen molar-refractivity contribution in [1.29, 1.82) is 0 Å². The van der Waals surface area contributed by atoms with Gasteiger partial charge in [-0.25, -0.2) is 8.78 Å². The van der Waals surface area contributed by atoms with Crippen LogP contribution < -0.4 is 0 Å². The van der Waals surface area contributed by atoms with Crippen molar-refractivity contribution in [2.45, 2.75) is 13.3 Å². The third-order valence-electron chi connectivity index (χ3n) is 2.47. The maximum atomic E-state index is 11.9. The molecule has 1 rings (SSSR count). The van der Waals surface area contributed by atoms with Gasteiger partial charge < -0.3 is 5.11 Å². The van der Waals surface area contributed by atoms with Gasteiger partial charge in [-0.3, -0.25) is 4.90 Å². The van der Waals surface area contributed by atoms with Crippen molar-refractivity contribution in [3.8, 4) is 0 Å². The van der Waals surface area contributed by atoms with E-state index in [0.29, 0.717) is 19.0 Å². The summed E-state index contributed by atoms with van der Waals surface area (Å²) in [5, 5.41) is 8.87. The first-order chi connectivity index (χ1) is 5.63. The molecule has 12 heavy (non-hydrogen) atoms. The lowest BCUT2D eigenvalue weighted by Crippen LogP contribution is -2.27. The van der Waals surface area contributed by atoms with Crippen LogP contribution in [0.3, 0.4) is 0 Å².